The zero-order chi connectivity index (χ0) is 22.9. The SMILES string of the molecule is Cc1ccc(S(=O)(=O)N2C(=O)[C@@H](NC(=O)c3ccccc3)C[C@H]2c2cccc(Cl)c2)cc1. The third-order valence-electron chi connectivity index (χ3n) is 5.41. The van der Waals surface area contributed by atoms with Crippen LogP contribution in [0.1, 0.15) is 33.9 Å². The van der Waals surface area contributed by atoms with Gasteiger partial charge in [-0.05, 0) is 48.9 Å². The molecule has 0 aromatic heterocycles. The number of nitrogens with zero attached hydrogens (tertiary/aromatic N) is 1. The van der Waals surface area contributed by atoms with Gasteiger partial charge in [-0.15, -0.1) is 0 Å². The fraction of sp³-hybridized carbons (Fsp3) is 0.167. The number of carbonyl (C=O) groups excluding carboxylic acids is 2. The van der Waals surface area contributed by atoms with Crippen LogP contribution >= 0.6 is 11.6 Å². The molecule has 1 heterocycles. The van der Waals surface area contributed by atoms with Crippen LogP contribution < -0.4 is 5.32 Å². The standard InChI is InChI=1S/C24H21ClN2O4S/c1-16-10-12-20(13-11-16)32(30,31)27-22(18-8-5-9-19(25)14-18)15-21(24(27)29)26-23(28)17-6-3-2-4-7-17/h2-14,21-22H,15H2,1H3,(H,26,28)/t21-,22-/m0/s1. The van der Waals surface area contributed by atoms with Crippen molar-refractivity contribution in [2.45, 2.75) is 30.3 Å². The second-order valence-electron chi connectivity index (χ2n) is 7.65. The third-order valence-corrected chi connectivity index (χ3v) is 7.47. The summed E-state index contributed by atoms with van der Waals surface area (Å²) in [6.45, 7) is 1.85. The van der Waals surface area contributed by atoms with Gasteiger partial charge in [-0.25, -0.2) is 12.7 Å². The Morgan fingerprint density at radius 2 is 1.69 bits per heavy atom. The van der Waals surface area contributed by atoms with E-state index in [0.29, 0.717) is 16.1 Å². The van der Waals surface area contributed by atoms with E-state index >= 15 is 0 Å². The number of rotatable bonds is 5. The molecular formula is C24H21ClN2O4S. The molecule has 0 saturated carbocycles. The second kappa shape index (κ2) is 8.76. The van der Waals surface area contributed by atoms with Crippen LogP contribution in [0, 0.1) is 6.92 Å². The highest BCUT2D eigenvalue weighted by Crippen LogP contribution is 2.38. The quantitative estimate of drug-likeness (QED) is 0.610. The van der Waals surface area contributed by atoms with E-state index in [-0.39, 0.29) is 11.3 Å². The number of hydrogen-bond acceptors (Lipinski definition) is 4. The van der Waals surface area contributed by atoms with Gasteiger partial charge in [-0.1, -0.05) is 59.6 Å². The van der Waals surface area contributed by atoms with E-state index < -0.39 is 33.9 Å². The smallest absolute Gasteiger partial charge is 0.267 e. The maximum absolute atomic E-state index is 13.5. The largest absolute Gasteiger partial charge is 0.340 e. The van der Waals surface area contributed by atoms with Crippen molar-refractivity contribution in [2.24, 2.45) is 0 Å². The van der Waals surface area contributed by atoms with Crippen molar-refractivity contribution in [3.63, 3.8) is 0 Å². The minimum atomic E-state index is -4.16. The van der Waals surface area contributed by atoms with Crippen molar-refractivity contribution in [1.82, 2.24) is 9.62 Å². The van der Waals surface area contributed by atoms with E-state index in [9.17, 15) is 18.0 Å². The number of aryl methyl sites for hydroxylation is 1. The van der Waals surface area contributed by atoms with E-state index in [1.807, 2.05) is 6.92 Å². The second-order valence-corrected chi connectivity index (χ2v) is 9.90. The molecule has 4 rings (SSSR count). The van der Waals surface area contributed by atoms with Gasteiger partial charge in [0.25, 0.3) is 21.8 Å². The van der Waals surface area contributed by atoms with Crippen molar-refractivity contribution in [1.29, 1.82) is 0 Å². The number of benzene rings is 3. The Hall–Kier alpha value is -3.16. The van der Waals surface area contributed by atoms with E-state index in [1.165, 1.54) is 12.1 Å². The zero-order valence-electron chi connectivity index (χ0n) is 17.2. The van der Waals surface area contributed by atoms with E-state index in [2.05, 4.69) is 5.32 Å². The molecule has 32 heavy (non-hydrogen) atoms. The highest BCUT2D eigenvalue weighted by molar-refractivity contribution is 7.89. The van der Waals surface area contributed by atoms with Crippen molar-refractivity contribution < 1.29 is 18.0 Å². The lowest BCUT2D eigenvalue weighted by molar-refractivity contribution is -0.126. The minimum absolute atomic E-state index is 0.0125. The van der Waals surface area contributed by atoms with Gasteiger partial charge in [0, 0.05) is 17.0 Å². The molecule has 0 radical (unpaired) electrons. The Morgan fingerprint density at radius 1 is 1.00 bits per heavy atom. The van der Waals surface area contributed by atoms with Crippen molar-refractivity contribution in [2.75, 3.05) is 0 Å². The van der Waals surface area contributed by atoms with Crippen LogP contribution in [-0.4, -0.2) is 30.6 Å². The number of carbonyl (C=O) groups is 2. The van der Waals surface area contributed by atoms with Crippen molar-refractivity contribution in [3.05, 3.63) is 101 Å². The fourth-order valence-corrected chi connectivity index (χ4v) is 5.59. The van der Waals surface area contributed by atoms with Gasteiger partial charge < -0.3 is 5.32 Å². The maximum atomic E-state index is 13.5. The monoisotopic (exact) mass is 468 g/mol. The van der Waals surface area contributed by atoms with Crippen molar-refractivity contribution >= 4 is 33.4 Å². The molecule has 1 aliphatic rings. The summed E-state index contributed by atoms with van der Waals surface area (Å²) >= 11 is 6.13. The van der Waals surface area contributed by atoms with Gasteiger partial charge in [0.1, 0.15) is 6.04 Å². The molecule has 0 bridgehead atoms. The first-order valence-electron chi connectivity index (χ1n) is 10.0. The number of hydrogen-bond donors (Lipinski definition) is 1. The molecule has 1 saturated heterocycles. The Labute approximate surface area is 191 Å². The summed E-state index contributed by atoms with van der Waals surface area (Å²) in [7, 11) is -4.16. The summed E-state index contributed by atoms with van der Waals surface area (Å²) in [6.07, 6.45) is 0.100. The minimum Gasteiger partial charge on any atom is -0.340 e. The predicted molar refractivity (Wildman–Crippen MR) is 122 cm³/mol. The highest BCUT2D eigenvalue weighted by Gasteiger charge is 2.47. The molecule has 2 atom stereocenters. The van der Waals surface area contributed by atoms with Gasteiger partial charge in [-0.2, -0.15) is 0 Å². The molecule has 0 spiro atoms. The molecule has 0 unspecified atom stereocenters. The summed E-state index contributed by atoms with van der Waals surface area (Å²) < 4.78 is 27.8. The molecule has 0 aliphatic carbocycles. The first kappa shape index (κ1) is 22.0. The van der Waals surface area contributed by atoms with Crippen molar-refractivity contribution in [3.8, 4) is 0 Å². The van der Waals surface area contributed by atoms with Crippen LogP contribution in [0.4, 0.5) is 0 Å². The van der Waals surface area contributed by atoms with Gasteiger partial charge in [0.2, 0.25) is 0 Å². The topological polar surface area (TPSA) is 83.6 Å². The summed E-state index contributed by atoms with van der Waals surface area (Å²) in [4.78, 5) is 26.0. The lowest BCUT2D eigenvalue weighted by atomic mass is 10.0. The number of halogens is 1. The first-order valence-corrected chi connectivity index (χ1v) is 11.9. The molecule has 3 aromatic rings. The molecular weight excluding hydrogens is 448 g/mol. The molecule has 1 N–H and O–H groups in total. The van der Waals surface area contributed by atoms with E-state index in [4.69, 9.17) is 11.6 Å². The fourth-order valence-electron chi connectivity index (χ4n) is 3.77. The van der Waals surface area contributed by atoms with Crippen LogP contribution in [0.5, 0.6) is 0 Å². The molecule has 8 heteroatoms. The molecule has 164 valence electrons. The average molecular weight is 469 g/mol. The van der Waals surface area contributed by atoms with E-state index in [1.54, 1.807) is 66.7 Å². The van der Waals surface area contributed by atoms with Crippen LogP contribution in [0.2, 0.25) is 5.02 Å². The molecule has 2 amide bonds. The van der Waals surface area contributed by atoms with Gasteiger partial charge in [0.05, 0.1) is 10.9 Å². The molecule has 1 aliphatic heterocycles. The summed E-state index contributed by atoms with van der Waals surface area (Å²) in [5.41, 5.74) is 1.87. The maximum Gasteiger partial charge on any atom is 0.267 e. The first-order chi connectivity index (χ1) is 15.3. The number of sulfonamides is 1. The third kappa shape index (κ3) is 4.26. The number of amides is 2. The number of nitrogens with one attached hydrogen (secondary N) is 1. The Bertz CT molecular complexity index is 1260. The predicted octanol–water partition coefficient (Wildman–Crippen LogP) is 4.11. The Morgan fingerprint density at radius 3 is 2.34 bits per heavy atom. The van der Waals surface area contributed by atoms with Crippen LogP contribution in [0.15, 0.2) is 83.8 Å². The van der Waals surface area contributed by atoms with Gasteiger partial charge in [0.15, 0.2) is 0 Å². The van der Waals surface area contributed by atoms with E-state index in [0.717, 1.165) is 9.87 Å². The average Bonchev–Trinajstić information content (AvgIpc) is 3.11. The molecule has 1 fully saturated rings. The molecule has 6 nitrogen and oxygen atoms in total. The highest BCUT2D eigenvalue weighted by atomic mass is 35.5. The van der Waals surface area contributed by atoms with Gasteiger partial charge in [-0.3, -0.25) is 9.59 Å². The molecule has 3 aromatic carbocycles. The Kier molecular flexibility index (Phi) is 6.04. The normalized spacial score (nSPS) is 18.6. The van der Waals surface area contributed by atoms with Crippen LogP contribution in [0.3, 0.4) is 0 Å². The van der Waals surface area contributed by atoms with Crippen LogP contribution in [-0.2, 0) is 14.8 Å². The lowest BCUT2D eigenvalue weighted by Gasteiger charge is -2.24. The lowest BCUT2D eigenvalue weighted by Crippen LogP contribution is -2.43. The van der Waals surface area contributed by atoms with Gasteiger partial charge >= 0.3 is 0 Å². The van der Waals surface area contributed by atoms with Crippen LogP contribution in [0.25, 0.3) is 0 Å². The zero-order valence-corrected chi connectivity index (χ0v) is 18.8. The summed E-state index contributed by atoms with van der Waals surface area (Å²) in [5, 5.41) is 3.12. The Balaban J connectivity index is 1.72. The summed E-state index contributed by atoms with van der Waals surface area (Å²) in [6, 6.07) is 19.7. The summed E-state index contributed by atoms with van der Waals surface area (Å²) in [5.74, 6) is -1.12.